The number of hydrogen-bond acceptors (Lipinski definition) is 6. The number of ether oxygens (including phenoxy) is 2. The number of sulfonamides is 1. The van der Waals surface area contributed by atoms with E-state index >= 15 is 0 Å². The summed E-state index contributed by atoms with van der Waals surface area (Å²) < 4.78 is 51.4. The zero-order valence-electron chi connectivity index (χ0n) is 16.9. The first-order valence-electron chi connectivity index (χ1n) is 10.1. The van der Waals surface area contributed by atoms with Crippen LogP contribution in [0.2, 0.25) is 0 Å². The van der Waals surface area contributed by atoms with E-state index in [4.69, 9.17) is 9.47 Å². The minimum absolute atomic E-state index is 0.0515. The van der Waals surface area contributed by atoms with E-state index in [9.17, 15) is 17.6 Å². The molecule has 0 saturated carbocycles. The number of anilines is 2. The minimum atomic E-state index is -3.76. The Morgan fingerprint density at radius 2 is 1.52 bits per heavy atom. The van der Waals surface area contributed by atoms with Crippen molar-refractivity contribution >= 4 is 27.3 Å². The second-order valence-corrected chi connectivity index (χ2v) is 9.19. The molecule has 31 heavy (non-hydrogen) atoms. The zero-order chi connectivity index (χ0) is 21.8. The van der Waals surface area contributed by atoms with Gasteiger partial charge in [-0.25, -0.2) is 12.8 Å². The van der Waals surface area contributed by atoms with Crippen LogP contribution in [0.15, 0.2) is 47.4 Å². The molecule has 4 rings (SSSR count). The molecule has 2 fully saturated rings. The number of rotatable bonds is 5. The standard InChI is InChI=1S/C21H24FN3O5S/c22-16-1-3-17(4-2-16)23-21(26)19-15-18(31(27,28)25-9-13-30-14-10-25)5-6-20(19)24-7-11-29-12-8-24/h1-6,15H,7-14H2,(H,23,26). The molecule has 0 aromatic heterocycles. The van der Waals surface area contributed by atoms with E-state index < -0.39 is 21.7 Å². The highest BCUT2D eigenvalue weighted by molar-refractivity contribution is 7.89. The molecule has 0 bridgehead atoms. The first-order valence-corrected chi connectivity index (χ1v) is 11.5. The minimum Gasteiger partial charge on any atom is -0.379 e. The number of benzene rings is 2. The molecule has 1 amide bonds. The van der Waals surface area contributed by atoms with Gasteiger partial charge in [-0.1, -0.05) is 0 Å². The van der Waals surface area contributed by atoms with Gasteiger partial charge < -0.3 is 19.7 Å². The van der Waals surface area contributed by atoms with Crippen LogP contribution in [0.3, 0.4) is 0 Å². The first-order chi connectivity index (χ1) is 14.9. The van der Waals surface area contributed by atoms with Gasteiger partial charge in [0.1, 0.15) is 5.82 Å². The third kappa shape index (κ3) is 4.87. The highest BCUT2D eigenvalue weighted by atomic mass is 32.2. The molecule has 10 heteroatoms. The Hall–Kier alpha value is -2.53. The van der Waals surface area contributed by atoms with Gasteiger partial charge >= 0.3 is 0 Å². The SMILES string of the molecule is O=C(Nc1ccc(F)cc1)c1cc(S(=O)(=O)N2CCOCC2)ccc1N1CCOCC1. The van der Waals surface area contributed by atoms with Crippen LogP contribution in [0.5, 0.6) is 0 Å². The number of morpholine rings is 2. The van der Waals surface area contributed by atoms with E-state index in [0.29, 0.717) is 50.9 Å². The molecule has 0 unspecified atom stereocenters. The summed E-state index contributed by atoms with van der Waals surface area (Å²) in [4.78, 5) is 15.2. The molecule has 2 saturated heterocycles. The molecule has 166 valence electrons. The lowest BCUT2D eigenvalue weighted by molar-refractivity contribution is 0.0730. The van der Waals surface area contributed by atoms with Crippen LogP contribution in [0.1, 0.15) is 10.4 Å². The normalized spacial score (nSPS) is 18.0. The predicted molar refractivity (Wildman–Crippen MR) is 113 cm³/mol. The van der Waals surface area contributed by atoms with E-state index in [1.807, 2.05) is 4.90 Å². The van der Waals surface area contributed by atoms with Crippen molar-refractivity contribution in [3.63, 3.8) is 0 Å². The average molecular weight is 450 g/mol. The Kier molecular flexibility index (Phi) is 6.51. The van der Waals surface area contributed by atoms with Gasteiger partial charge in [-0.3, -0.25) is 4.79 Å². The molecular weight excluding hydrogens is 425 g/mol. The van der Waals surface area contributed by atoms with Gasteiger partial charge in [-0.05, 0) is 42.5 Å². The van der Waals surface area contributed by atoms with Crippen molar-refractivity contribution in [3.05, 3.63) is 53.8 Å². The number of hydrogen-bond donors (Lipinski definition) is 1. The molecule has 2 aliphatic rings. The fourth-order valence-corrected chi connectivity index (χ4v) is 5.04. The highest BCUT2D eigenvalue weighted by Crippen LogP contribution is 2.28. The molecule has 0 atom stereocenters. The monoisotopic (exact) mass is 449 g/mol. The maximum Gasteiger partial charge on any atom is 0.257 e. The smallest absolute Gasteiger partial charge is 0.257 e. The molecule has 2 aliphatic heterocycles. The van der Waals surface area contributed by atoms with Gasteiger partial charge in [0, 0.05) is 37.6 Å². The number of amides is 1. The number of halogens is 1. The van der Waals surface area contributed by atoms with Crippen LogP contribution in [-0.4, -0.2) is 71.2 Å². The molecule has 1 N–H and O–H groups in total. The number of nitrogens with zero attached hydrogens (tertiary/aromatic N) is 2. The van der Waals surface area contributed by atoms with E-state index in [1.165, 1.54) is 40.7 Å². The Balaban J connectivity index is 1.69. The van der Waals surface area contributed by atoms with Crippen molar-refractivity contribution in [3.8, 4) is 0 Å². The molecule has 2 aromatic rings. The second kappa shape index (κ2) is 9.31. The number of carbonyl (C=O) groups excluding carboxylic acids is 1. The van der Waals surface area contributed by atoms with Gasteiger partial charge in [0.15, 0.2) is 0 Å². The van der Waals surface area contributed by atoms with Crippen LogP contribution >= 0.6 is 0 Å². The lowest BCUT2D eigenvalue weighted by Gasteiger charge is -2.31. The Morgan fingerprint density at radius 3 is 2.16 bits per heavy atom. The highest BCUT2D eigenvalue weighted by Gasteiger charge is 2.29. The molecule has 0 aliphatic carbocycles. The van der Waals surface area contributed by atoms with Crippen molar-refractivity contribution in [2.45, 2.75) is 4.90 Å². The maximum atomic E-state index is 13.2. The first kappa shape index (κ1) is 21.7. The summed E-state index contributed by atoms with van der Waals surface area (Å²) in [6.07, 6.45) is 0. The predicted octanol–water partition coefficient (Wildman–Crippen LogP) is 1.94. The fraction of sp³-hybridized carbons (Fsp3) is 0.381. The Bertz CT molecular complexity index is 1030. The summed E-state index contributed by atoms with van der Waals surface area (Å²) in [5.74, 6) is -0.877. The third-order valence-electron chi connectivity index (χ3n) is 5.27. The largest absolute Gasteiger partial charge is 0.379 e. The second-order valence-electron chi connectivity index (χ2n) is 7.26. The summed E-state index contributed by atoms with van der Waals surface area (Å²) in [7, 11) is -3.76. The summed E-state index contributed by atoms with van der Waals surface area (Å²) >= 11 is 0. The summed E-state index contributed by atoms with van der Waals surface area (Å²) in [6, 6.07) is 10.0. The summed E-state index contributed by atoms with van der Waals surface area (Å²) in [6.45, 7) is 3.43. The van der Waals surface area contributed by atoms with Crippen LogP contribution in [-0.2, 0) is 19.5 Å². The van der Waals surface area contributed by atoms with Crippen molar-refractivity contribution in [1.29, 1.82) is 0 Å². The Labute approximate surface area is 180 Å². The zero-order valence-corrected chi connectivity index (χ0v) is 17.7. The lowest BCUT2D eigenvalue weighted by atomic mass is 10.1. The average Bonchev–Trinajstić information content (AvgIpc) is 2.81. The van der Waals surface area contributed by atoms with Gasteiger partial charge in [0.25, 0.3) is 5.91 Å². The lowest BCUT2D eigenvalue weighted by Crippen LogP contribution is -2.41. The molecule has 0 radical (unpaired) electrons. The van der Waals surface area contributed by atoms with Gasteiger partial charge in [0.05, 0.1) is 36.9 Å². The molecule has 8 nitrogen and oxygen atoms in total. The van der Waals surface area contributed by atoms with E-state index in [1.54, 1.807) is 6.07 Å². The third-order valence-corrected chi connectivity index (χ3v) is 7.17. The van der Waals surface area contributed by atoms with Gasteiger partial charge in [-0.15, -0.1) is 0 Å². The van der Waals surface area contributed by atoms with Crippen molar-refractivity contribution in [2.24, 2.45) is 0 Å². The van der Waals surface area contributed by atoms with Crippen molar-refractivity contribution < 1.29 is 27.1 Å². The summed E-state index contributed by atoms with van der Waals surface area (Å²) in [5, 5.41) is 2.73. The van der Waals surface area contributed by atoms with Crippen LogP contribution in [0.25, 0.3) is 0 Å². The molecular formula is C21H24FN3O5S. The van der Waals surface area contributed by atoms with Gasteiger partial charge in [0.2, 0.25) is 10.0 Å². The van der Waals surface area contributed by atoms with E-state index in [-0.39, 0.29) is 23.5 Å². The maximum absolute atomic E-state index is 13.2. The molecule has 2 aromatic carbocycles. The van der Waals surface area contributed by atoms with Crippen LogP contribution < -0.4 is 10.2 Å². The van der Waals surface area contributed by atoms with Crippen molar-refractivity contribution in [1.82, 2.24) is 4.31 Å². The number of carbonyl (C=O) groups is 1. The molecule has 0 spiro atoms. The summed E-state index contributed by atoms with van der Waals surface area (Å²) in [5.41, 5.74) is 1.28. The number of nitrogens with one attached hydrogen (secondary N) is 1. The topological polar surface area (TPSA) is 88.2 Å². The van der Waals surface area contributed by atoms with Crippen molar-refractivity contribution in [2.75, 3.05) is 62.8 Å². The van der Waals surface area contributed by atoms with E-state index in [0.717, 1.165) is 0 Å². The van der Waals surface area contributed by atoms with Crippen LogP contribution in [0, 0.1) is 5.82 Å². The van der Waals surface area contributed by atoms with Gasteiger partial charge in [-0.2, -0.15) is 4.31 Å². The van der Waals surface area contributed by atoms with Crippen LogP contribution in [0.4, 0.5) is 15.8 Å². The molecule has 2 heterocycles. The fourth-order valence-electron chi connectivity index (χ4n) is 3.61. The Morgan fingerprint density at radius 1 is 0.903 bits per heavy atom. The quantitative estimate of drug-likeness (QED) is 0.751. The van der Waals surface area contributed by atoms with E-state index in [2.05, 4.69) is 5.32 Å².